The van der Waals surface area contributed by atoms with E-state index in [4.69, 9.17) is 0 Å². The number of unbranched alkanes of at least 4 members (excludes halogenated alkanes) is 1. The third-order valence-corrected chi connectivity index (χ3v) is 5.04. The van der Waals surface area contributed by atoms with E-state index in [0.29, 0.717) is 12.8 Å². The molecule has 0 aromatic rings. The van der Waals surface area contributed by atoms with Gasteiger partial charge < -0.3 is 0 Å². The van der Waals surface area contributed by atoms with Crippen LogP contribution in [0.5, 0.6) is 0 Å². The summed E-state index contributed by atoms with van der Waals surface area (Å²) in [6.07, 6.45) is -12.3. The van der Waals surface area contributed by atoms with E-state index in [1.807, 2.05) is 0 Å². The van der Waals surface area contributed by atoms with Gasteiger partial charge in [0.2, 0.25) is 0 Å². The predicted octanol–water partition coefficient (Wildman–Crippen LogP) is 6.70. The van der Waals surface area contributed by atoms with Crippen molar-refractivity contribution in [3.8, 4) is 0 Å². The summed E-state index contributed by atoms with van der Waals surface area (Å²) < 4.78 is 120. The summed E-state index contributed by atoms with van der Waals surface area (Å²) in [4.78, 5) is 0. The van der Waals surface area contributed by atoms with Crippen LogP contribution in [0.3, 0.4) is 0 Å². The molecule has 9 heteroatoms. The van der Waals surface area contributed by atoms with Gasteiger partial charge in [0.1, 0.15) is 0 Å². The summed E-state index contributed by atoms with van der Waals surface area (Å²) in [6, 6.07) is 0. The maximum absolute atomic E-state index is 14.5. The summed E-state index contributed by atoms with van der Waals surface area (Å²) in [6.45, 7) is 3.14. The van der Waals surface area contributed by atoms with E-state index in [1.165, 1.54) is 6.92 Å². The molecule has 0 spiro atoms. The van der Waals surface area contributed by atoms with Gasteiger partial charge in [-0.3, -0.25) is 0 Å². The van der Waals surface area contributed by atoms with Crippen LogP contribution in [0.1, 0.15) is 52.4 Å². The van der Waals surface area contributed by atoms with Crippen LogP contribution in [0, 0.1) is 17.8 Å². The second kappa shape index (κ2) is 6.94. The van der Waals surface area contributed by atoms with Gasteiger partial charge in [0, 0.05) is 5.92 Å². The van der Waals surface area contributed by atoms with Crippen LogP contribution in [-0.4, -0.2) is 23.9 Å². The molecule has 0 saturated heterocycles. The molecule has 3 atom stereocenters. The second-order valence-electron chi connectivity index (χ2n) is 6.45. The van der Waals surface area contributed by atoms with Gasteiger partial charge in [0.05, 0.1) is 0 Å². The van der Waals surface area contributed by atoms with Crippen molar-refractivity contribution in [2.75, 3.05) is 0 Å². The van der Waals surface area contributed by atoms with Crippen molar-refractivity contribution in [1.82, 2.24) is 0 Å². The summed E-state index contributed by atoms with van der Waals surface area (Å²) in [5, 5.41) is 0. The van der Waals surface area contributed by atoms with Crippen LogP contribution in [0.25, 0.3) is 0 Å². The molecule has 0 aromatic heterocycles. The molecule has 144 valence electrons. The molecule has 0 bridgehead atoms. The smallest absolute Gasteiger partial charge is 0.217 e. The van der Waals surface area contributed by atoms with Crippen molar-refractivity contribution in [3.63, 3.8) is 0 Å². The van der Waals surface area contributed by atoms with Gasteiger partial charge in [-0.2, -0.15) is 26.3 Å². The van der Waals surface area contributed by atoms with Gasteiger partial charge in [0.15, 0.2) is 0 Å². The first-order valence-electron chi connectivity index (χ1n) is 7.95. The predicted molar refractivity (Wildman–Crippen MR) is 70.4 cm³/mol. The number of rotatable bonds is 6. The third kappa shape index (κ3) is 3.36. The minimum atomic E-state index is -6.75. The lowest BCUT2D eigenvalue weighted by Crippen LogP contribution is -2.67. The highest BCUT2D eigenvalue weighted by Gasteiger charge is 2.86. The van der Waals surface area contributed by atoms with Crippen LogP contribution >= 0.6 is 0 Å². The van der Waals surface area contributed by atoms with Gasteiger partial charge in [0.25, 0.3) is 0 Å². The molecule has 0 aromatic carbocycles. The normalized spacial score (nSPS) is 26.9. The fraction of sp³-hybridized carbons (Fsp3) is 1.00. The van der Waals surface area contributed by atoms with E-state index in [1.54, 1.807) is 6.92 Å². The molecule has 0 radical (unpaired) electrons. The van der Waals surface area contributed by atoms with E-state index >= 15 is 0 Å². The first kappa shape index (κ1) is 21.4. The summed E-state index contributed by atoms with van der Waals surface area (Å²) >= 11 is 0. The number of alkyl halides is 9. The average Bonchev–Trinajstić information content (AvgIpc) is 2.85. The van der Waals surface area contributed by atoms with Gasteiger partial charge in [-0.05, 0) is 31.1 Å². The second-order valence-corrected chi connectivity index (χ2v) is 6.45. The molecule has 3 unspecified atom stereocenters. The number of halogens is 9. The maximum atomic E-state index is 14.5. The van der Waals surface area contributed by atoms with Gasteiger partial charge in [-0.1, -0.05) is 33.1 Å². The highest BCUT2D eigenvalue weighted by atomic mass is 19.4. The number of hydrogen-bond acceptors (Lipinski definition) is 0. The lowest BCUT2D eigenvalue weighted by molar-refractivity contribution is -0.408. The fourth-order valence-electron chi connectivity index (χ4n) is 3.78. The summed E-state index contributed by atoms with van der Waals surface area (Å²) in [5.41, 5.74) is -6.54. The average molecular weight is 372 g/mol. The first-order valence-corrected chi connectivity index (χ1v) is 7.95. The molecular formula is C15H21F9. The van der Waals surface area contributed by atoms with E-state index < -0.39 is 41.7 Å². The van der Waals surface area contributed by atoms with Crippen LogP contribution in [0.2, 0.25) is 0 Å². The lowest BCUT2D eigenvalue weighted by Gasteiger charge is -2.42. The van der Waals surface area contributed by atoms with Crippen LogP contribution in [-0.2, 0) is 0 Å². The van der Waals surface area contributed by atoms with Crippen LogP contribution in [0.4, 0.5) is 39.5 Å². The SMILES string of the molecule is CCCCC1CCC(CC)C1C(F)(F)C(F)(C(F)(F)F)C(F)(F)F. The minimum Gasteiger partial charge on any atom is -0.217 e. The maximum Gasteiger partial charge on any atom is 0.437 e. The Balaban J connectivity index is 3.39. The van der Waals surface area contributed by atoms with Crippen molar-refractivity contribution in [2.24, 2.45) is 17.8 Å². The van der Waals surface area contributed by atoms with Crippen molar-refractivity contribution >= 4 is 0 Å². The Labute approximate surface area is 134 Å². The van der Waals surface area contributed by atoms with Crippen molar-refractivity contribution in [3.05, 3.63) is 0 Å². The van der Waals surface area contributed by atoms with Crippen molar-refractivity contribution in [2.45, 2.75) is 76.3 Å². The van der Waals surface area contributed by atoms with Gasteiger partial charge in [-0.15, -0.1) is 0 Å². The summed E-state index contributed by atoms with van der Waals surface area (Å²) in [5.74, 6) is -9.97. The Bertz CT molecular complexity index is 396. The first-order chi connectivity index (χ1) is 10.8. The highest BCUT2D eigenvalue weighted by molar-refractivity contribution is 5.11. The molecule has 0 N–H and O–H groups in total. The minimum absolute atomic E-state index is 0.0192. The lowest BCUT2D eigenvalue weighted by atomic mass is 9.74. The largest absolute Gasteiger partial charge is 0.437 e. The Morgan fingerprint density at radius 3 is 1.58 bits per heavy atom. The molecule has 24 heavy (non-hydrogen) atoms. The molecular weight excluding hydrogens is 351 g/mol. The van der Waals surface area contributed by atoms with Crippen LogP contribution in [0.15, 0.2) is 0 Å². The molecule has 0 aliphatic heterocycles. The zero-order valence-corrected chi connectivity index (χ0v) is 13.4. The third-order valence-electron chi connectivity index (χ3n) is 5.04. The molecule has 1 fully saturated rings. The highest BCUT2D eigenvalue weighted by Crippen LogP contribution is 2.62. The molecule has 1 saturated carbocycles. The van der Waals surface area contributed by atoms with Crippen molar-refractivity contribution < 1.29 is 39.5 Å². The Morgan fingerprint density at radius 2 is 1.21 bits per heavy atom. The van der Waals surface area contributed by atoms with E-state index in [2.05, 4.69) is 0 Å². The van der Waals surface area contributed by atoms with Gasteiger partial charge in [-0.25, -0.2) is 13.2 Å². The monoisotopic (exact) mass is 372 g/mol. The van der Waals surface area contributed by atoms with Crippen molar-refractivity contribution in [1.29, 1.82) is 0 Å². The van der Waals surface area contributed by atoms with E-state index in [9.17, 15) is 39.5 Å². The Kier molecular flexibility index (Phi) is 6.19. The molecule has 1 aliphatic rings. The molecule has 0 nitrogen and oxygen atoms in total. The molecule has 0 amide bonds. The zero-order chi connectivity index (χ0) is 19.0. The molecule has 1 rings (SSSR count). The Morgan fingerprint density at radius 1 is 0.750 bits per heavy atom. The zero-order valence-electron chi connectivity index (χ0n) is 13.4. The van der Waals surface area contributed by atoms with Gasteiger partial charge >= 0.3 is 23.9 Å². The summed E-state index contributed by atoms with van der Waals surface area (Å²) in [7, 11) is 0. The topological polar surface area (TPSA) is 0 Å². The molecule has 0 heterocycles. The fourth-order valence-corrected chi connectivity index (χ4v) is 3.78. The number of hydrogen-bond donors (Lipinski definition) is 0. The van der Waals surface area contributed by atoms with Crippen LogP contribution < -0.4 is 0 Å². The Hall–Kier alpha value is -0.630. The van der Waals surface area contributed by atoms with E-state index in [-0.39, 0.29) is 25.7 Å². The van der Waals surface area contributed by atoms with E-state index in [0.717, 1.165) is 0 Å². The molecule has 1 aliphatic carbocycles. The standard InChI is InChI=1S/C15H21F9/c1-3-5-6-10-8-7-9(4-2)11(10)12(16,17)13(18,14(19,20)21)15(22,23)24/h9-11H,3-8H2,1-2H3. The quantitative estimate of drug-likeness (QED) is 0.455.